The molecule has 1 saturated heterocycles. The first kappa shape index (κ1) is 41.0. The first-order valence-corrected chi connectivity index (χ1v) is 17.6. The van der Waals surface area contributed by atoms with Crippen molar-refractivity contribution in [2.45, 2.75) is 55.1 Å². The number of aliphatic carboxylic acids is 1. The summed E-state index contributed by atoms with van der Waals surface area (Å²) in [5, 5.41) is 13.4. The Morgan fingerprint density at radius 2 is 1.67 bits per heavy atom. The SMILES string of the molecule is COC(=O)Nc1ccc(S(=O)(=O)C(C)C)c([C@H]2CCCN2C(=O)[C@H](Nc2ccc3c(N)nccc3c2)c2cc(OC)c(F)cc2F)c1.O=C(O)C(F)(F)F. The Bertz CT molecular complexity index is 2170. The minimum atomic E-state index is -5.08. The normalized spacial score (nSPS) is 14.9. The van der Waals surface area contributed by atoms with Crippen molar-refractivity contribution in [1.82, 2.24) is 9.88 Å². The van der Waals surface area contributed by atoms with E-state index in [-0.39, 0.29) is 28.4 Å². The number of benzene rings is 3. The second kappa shape index (κ2) is 16.5. The number of sulfone groups is 1. The minimum Gasteiger partial charge on any atom is -0.494 e. The zero-order chi connectivity index (χ0) is 40.1. The Morgan fingerprint density at radius 1 is 1.00 bits per heavy atom. The number of nitrogens with zero attached hydrogens (tertiary/aromatic N) is 2. The number of carboxylic acids is 1. The van der Waals surface area contributed by atoms with Crippen LogP contribution in [0.4, 0.5) is 43.9 Å². The van der Waals surface area contributed by atoms with Crippen LogP contribution in [0.5, 0.6) is 5.75 Å². The number of halogens is 5. The standard InChI is InChI=1S/C33H35F2N5O6S.C2HF3O2/c1-18(2)47(43,44)29-10-8-21(39-33(42)46-4)15-24(29)27-6-5-13-40(27)32(41)30(23-16-28(45-3)26(35)17-25(23)34)38-20-7-9-22-19(14-20)11-12-37-31(22)36;3-2(4,5)1(6)7/h7-12,14-18,27,30,38H,5-6,13H2,1-4H3,(H2,36,37)(H,39,42);(H,6,7)/t27-,30-;/m1./s1. The molecule has 1 aliphatic rings. The fraction of sp³-hybridized carbons (Fsp3) is 0.314. The van der Waals surface area contributed by atoms with Crippen molar-refractivity contribution in [2.24, 2.45) is 0 Å². The van der Waals surface area contributed by atoms with Crippen LogP contribution >= 0.6 is 0 Å². The third kappa shape index (κ3) is 9.07. The van der Waals surface area contributed by atoms with E-state index in [0.29, 0.717) is 46.7 Å². The van der Waals surface area contributed by atoms with Gasteiger partial charge < -0.3 is 30.5 Å². The number of nitrogens with one attached hydrogen (secondary N) is 2. The van der Waals surface area contributed by atoms with Crippen LogP contribution < -0.4 is 21.1 Å². The number of pyridine rings is 1. The number of carbonyl (C=O) groups excluding carboxylic acids is 2. The van der Waals surface area contributed by atoms with Gasteiger partial charge >= 0.3 is 18.2 Å². The van der Waals surface area contributed by atoms with Crippen LogP contribution in [-0.4, -0.2) is 73.6 Å². The lowest BCUT2D eigenvalue weighted by molar-refractivity contribution is -0.192. The number of fused-ring (bicyclic) bond motifs is 1. The number of amides is 2. The van der Waals surface area contributed by atoms with Gasteiger partial charge in [0.15, 0.2) is 21.4 Å². The van der Waals surface area contributed by atoms with Crippen molar-refractivity contribution in [3.63, 3.8) is 0 Å². The highest BCUT2D eigenvalue weighted by molar-refractivity contribution is 7.92. The summed E-state index contributed by atoms with van der Waals surface area (Å²) in [6, 6.07) is 10.8. The number of aromatic nitrogens is 1. The van der Waals surface area contributed by atoms with Crippen LogP contribution in [-0.2, 0) is 24.2 Å². The summed E-state index contributed by atoms with van der Waals surface area (Å²) in [4.78, 5) is 41.1. The molecule has 4 aromatic rings. The third-order valence-electron chi connectivity index (χ3n) is 8.44. The van der Waals surface area contributed by atoms with Gasteiger partial charge in [-0.15, -0.1) is 0 Å². The van der Waals surface area contributed by atoms with E-state index in [4.69, 9.17) is 25.1 Å². The van der Waals surface area contributed by atoms with Crippen LogP contribution in [0.25, 0.3) is 10.8 Å². The Morgan fingerprint density at radius 3 is 2.28 bits per heavy atom. The molecule has 0 bridgehead atoms. The van der Waals surface area contributed by atoms with Crippen molar-refractivity contribution < 1.29 is 59.3 Å². The van der Waals surface area contributed by atoms with Gasteiger partial charge in [0.05, 0.1) is 30.4 Å². The van der Waals surface area contributed by atoms with Gasteiger partial charge in [-0.3, -0.25) is 10.1 Å². The molecule has 1 fully saturated rings. The average Bonchev–Trinajstić information content (AvgIpc) is 3.60. The molecule has 0 radical (unpaired) electrons. The molecule has 0 aliphatic carbocycles. The Labute approximate surface area is 306 Å². The zero-order valence-corrected chi connectivity index (χ0v) is 30.0. The number of carbonyl (C=O) groups is 3. The molecule has 3 aromatic carbocycles. The van der Waals surface area contributed by atoms with Gasteiger partial charge in [0.2, 0.25) is 5.91 Å². The third-order valence-corrected chi connectivity index (χ3v) is 10.7. The summed E-state index contributed by atoms with van der Waals surface area (Å²) in [7, 11) is -1.41. The van der Waals surface area contributed by atoms with E-state index in [1.54, 1.807) is 38.1 Å². The summed E-state index contributed by atoms with van der Waals surface area (Å²) < 4.78 is 98.6. The molecule has 0 saturated carbocycles. The quantitative estimate of drug-likeness (QED) is 0.134. The fourth-order valence-electron chi connectivity index (χ4n) is 5.74. The predicted molar refractivity (Wildman–Crippen MR) is 188 cm³/mol. The minimum absolute atomic E-state index is 0.00693. The number of likely N-dealkylation sites (tertiary alicyclic amines) is 1. The van der Waals surface area contributed by atoms with Crippen LogP contribution in [0, 0.1) is 11.6 Å². The highest BCUT2D eigenvalue weighted by Crippen LogP contribution is 2.41. The Kier molecular flexibility index (Phi) is 12.6. The Balaban J connectivity index is 0.000000845. The van der Waals surface area contributed by atoms with Crippen LogP contribution in [0.2, 0.25) is 0 Å². The molecule has 0 spiro atoms. The molecule has 1 aliphatic heterocycles. The lowest BCUT2D eigenvalue weighted by Crippen LogP contribution is -2.38. The molecule has 290 valence electrons. The zero-order valence-electron chi connectivity index (χ0n) is 29.2. The molecule has 2 amide bonds. The van der Waals surface area contributed by atoms with E-state index in [9.17, 15) is 35.6 Å². The Hall–Kier alpha value is -5.72. The summed E-state index contributed by atoms with van der Waals surface area (Å²) in [5.74, 6) is -5.21. The molecule has 54 heavy (non-hydrogen) atoms. The molecular weight excluding hydrogens is 745 g/mol. The number of methoxy groups -OCH3 is 2. The van der Waals surface area contributed by atoms with E-state index < -0.39 is 63.0 Å². The number of hydrogen-bond donors (Lipinski definition) is 4. The van der Waals surface area contributed by atoms with Crippen molar-refractivity contribution >= 4 is 55.8 Å². The number of anilines is 3. The highest BCUT2D eigenvalue weighted by atomic mass is 32.2. The fourth-order valence-corrected chi connectivity index (χ4v) is 7.03. The highest BCUT2D eigenvalue weighted by Gasteiger charge is 2.40. The van der Waals surface area contributed by atoms with Gasteiger partial charge in [0.1, 0.15) is 17.7 Å². The van der Waals surface area contributed by atoms with Crippen LogP contribution in [0.1, 0.15) is 49.9 Å². The summed E-state index contributed by atoms with van der Waals surface area (Å²) in [6.45, 7) is 3.32. The smallest absolute Gasteiger partial charge is 0.490 e. The van der Waals surface area contributed by atoms with E-state index in [2.05, 4.69) is 15.6 Å². The molecule has 19 heteroatoms. The van der Waals surface area contributed by atoms with Gasteiger partial charge in [-0.1, -0.05) is 0 Å². The number of nitrogen functional groups attached to an aromatic ring is 1. The number of hydrogen-bond acceptors (Lipinski definition) is 10. The first-order chi connectivity index (χ1) is 25.3. The van der Waals surface area contributed by atoms with Crippen LogP contribution in [0.15, 0.2) is 65.7 Å². The second-order valence-electron chi connectivity index (χ2n) is 12.2. The first-order valence-electron chi connectivity index (χ1n) is 16.1. The molecule has 5 rings (SSSR count). The van der Waals surface area contributed by atoms with Gasteiger partial charge in [0.25, 0.3) is 0 Å². The van der Waals surface area contributed by atoms with E-state index in [1.165, 1.54) is 43.5 Å². The number of carboxylic acid groups (broad SMARTS) is 1. The molecule has 0 unspecified atom stereocenters. The maximum Gasteiger partial charge on any atom is 0.490 e. The van der Waals surface area contributed by atoms with E-state index in [0.717, 1.165) is 6.07 Å². The van der Waals surface area contributed by atoms with E-state index >= 15 is 4.39 Å². The number of rotatable bonds is 9. The van der Waals surface area contributed by atoms with Crippen molar-refractivity contribution in [3.05, 3.63) is 83.6 Å². The van der Waals surface area contributed by atoms with E-state index in [1.807, 2.05) is 0 Å². The summed E-state index contributed by atoms with van der Waals surface area (Å²) >= 11 is 0. The molecule has 13 nitrogen and oxygen atoms in total. The van der Waals surface area contributed by atoms with Crippen molar-refractivity contribution in [2.75, 3.05) is 37.1 Å². The van der Waals surface area contributed by atoms with Gasteiger partial charge in [0, 0.05) is 41.1 Å². The maximum absolute atomic E-state index is 15.5. The van der Waals surface area contributed by atoms with Gasteiger partial charge in [-0.05, 0) is 86.2 Å². The number of alkyl halides is 3. The maximum atomic E-state index is 15.5. The lowest BCUT2D eigenvalue weighted by Gasteiger charge is -2.32. The topological polar surface area (TPSA) is 190 Å². The number of nitrogens with two attached hydrogens (primary N) is 1. The lowest BCUT2D eigenvalue weighted by atomic mass is 10.00. The number of ether oxygens (including phenoxy) is 2. The van der Waals surface area contributed by atoms with Crippen molar-refractivity contribution in [3.8, 4) is 5.75 Å². The second-order valence-corrected chi connectivity index (χ2v) is 14.6. The van der Waals surface area contributed by atoms with Crippen molar-refractivity contribution in [1.29, 1.82) is 0 Å². The van der Waals surface area contributed by atoms with Crippen LogP contribution in [0.3, 0.4) is 0 Å². The molecule has 2 heterocycles. The van der Waals surface area contributed by atoms with Gasteiger partial charge in [-0.2, -0.15) is 13.2 Å². The summed E-state index contributed by atoms with van der Waals surface area (Å²) in [5.41, 5.74) is 6.83. The largest absolute Gasteiger partial charge is 0.494 e. The molecule has 1 aromatic heterocycles. The predicted octanol–water partition coefficient (Wildman–Crippen LogP) is 6.61. The van der Waals surface area contributed by atoms with Gasteiger partial charge in [-0.25, -0.2) is 31.8 Å². The molecule has 2 atom stereocenters. The monoisotopic (exact) mass is 781 g/mol. The molecule has 5 N–H and O–H groups in total. The average molecular weight is 782 g/mol. The molecular formula is C35H36F5N5O8S. The summed E-state index contributed by atoms with van der Waals surface area (Å²) in [6.07, 6.45) is -3.41.